The van der Waals surface area contributed by atoms with Crippen molar-refractivity contribution in [2.75, 3.05) is 0 Å². The lowest BCUT2D eigenvalue weighted by molar-refractivity contribution is 0.158. The summed E-state index contributed by atoms with van der Waals surface area (Å²) in [5, 5.41) is 19.0. The molecule has 0 aliphatic carbocycles. The van der Waals surface area contributed by atoms with Gasteiger partial charge in [-0.25, -0.2) is 0 Å². The first kappa shape index (κ1) is 12.7. The van der Waals surface area contributed by atoms with Gasteiger partial charge in [0.05, 0.1) is 17.6 Å². The Labute approximate surface area is 97.5 Å². The molecule has 1 N–H and O–H groups in total. The van der Waals surface area contributed by atoms with Crippen molar-refractivity contribution in [1.82, 2.24) is 0 Å². The van der Waals surface area contributed by atoms with Crippen LogP contribution in [-0.2, 0) is 5.41 Å². The van der Waals surface area contributed by atoms with Gasteiger partial charge in [-0.05, 0) is 25.3 Å². The molecule has 0 spiro atoms. The SMILES string of the molecule is CCC[C@](C#N)(C[C@@H](C)O)c1ccccc1. The maximum absolute atomic E-state index is 9.56. The summed E-state index contributed by atoms with van der Waals surface area (Å²) in [7, 11) is 0. The Morgan fingerprint density at radius 2 is 2.00 bits per heavy atom. The largest absolute Gasteiger partial charge is 0.393 e. The molecule has 0 aromatic heterocycles. The van der Waals surface area contributed by atoms with Gasteiger partial charge in [0.25, 0.3) is 0 Å². The number of benzene rings is 1. The van der Waals surface area contributed by atoms with Crippen molar-refractivity contribution < 1.29 is 5.11 Å². The molecule has 16 heavy (non-hydrogen) atoms. The second kappa shape index (κ2) is 5.67. The molecule has 0 heterocycles. The van der Waals surface area contributed by atoms with Crippen molar-refractivity contribution >= 4 is 0 Å². The van der Waals surface area contributed by atoms with Gasteiger partial charge in [-0.3, -0.25) is 0 Å². The average molecular weight is 217 g/mol. The van der Waals surface area contributed by atoms with Crippen LogP contribution < -0.4 is 0 Å². The zero-order chi connectivity index (χ0) is 12.0. The van der Waals surface area contributed by atoms with Gasteiger partial charge in [-0.2, -0.15) is 5.26 Å². The maximum atomic E-state index is 9.56. The van der Waals surface area contributed by atoms with Crippen LogP contribution in [0.15, 0.2) is 30.3 Å². The lowest BCUT2D eigenvalue weighted by Crippen LogP contribution is -2.28. The van der Waals surface area contributed by atoms with Crippen LogP contribution in [0.3, 0.4) is 0 Å². The first-order valence-electron chi connectivity index (χ1n) is 5.79. The molecule has 1 aromatic rings. The highest BCUT2D eigenvalue weighted by Gasteiger charge is 2.32. The maximum Gasteiger partial charge on any atom is 0.0846 e. The van der Waals surface area contributed by atoms with Gasteiger partial charge in [-0.1, -0.05) is 43.7 Å². The van der Waals surface area contributed by atoms with Crippen molar-refractivity contribution in [2.45, 2.75) is 44.6 Å². The van der Waals surface area contributed by atoms with Gasteiger partial charge in [0, 0.05) is 0 Å². The molecule has 1 aromatic carbocycles. The van der Waals surface area contributed by atoms with Crippen molar-refractivity contribution in [3.63, 3.8) is 0 Å². The predicted molar refractivity (Wildman–Crippen MR) is 64.9 cm³/mol. The molecule has 0 bridgehead atoms. The van der Waals surface area contributed by atoms with E-state index in [0.717, 1.165) is 18.4 Å². The summed E-state index contributed by atoms with van der Waals surface area (Å²) >= 11 is 0. The monoisotopic (exact) mass is 217 g/mol. The molecule has 2 nitrogen and oxygen atoms in total. The third-order valence-corrected chi connectivity index (χ3v) is 2.86. The van der Waals surface area contributed by atoms with Gasteiger partial charge < -0.3 is 5.11 Å². The van der Waals surface area contributed by atoms with E-state index in [0.29, 0.717) is 6.42 Å². The first-order valence-corrected chi connectivity index (χ1v) is 5.79. The fraction of sp³-hybridized carbons (Fsp3) is 0.500. The van der Waals surface area contributed by atoms with E-state index in [9.17, 15) is 10.4 Å². The Balaban J connectivity index is 3.08. The minimum atomic E-state index is -0.538. The van der Waals surface area contributed by atoms with Crippen LogP contribution in [0.25, 0.3) is 0 Å². The molecule has 1 rings (SSSR count). The van der Waals surface area contributed by atoms with Gasteiger partial charge in [0.15, 0.2) is 0 Å². The van der Waals surface area contributed by atoms with Gasteiger partial charge in [-0.15, -0.1) is 0 Å². The Hall–Kier alpha value is -1.33. The Morgan fingerprint density at radius 1 is 1.38 bits per heavy atom. The van der Waals surface area contributed by atoms with Crippen LogP contribution in [0.2, 0.25) is 0 Å². The number of nitrogens with zero attached hydrogens (tertiary/aromatic N) is 1. The van der Waals surface area contributed by atoms with E-state index in [1.165, 1.54) is 0 Å². The quantitative estimate of drug-likeness (QED) is 0.824. The van der Waals surface area contributed by atoms with Crippen LogP contribution in [0, 0.1) is 11.3 Å². The highest BCUT2D eigenvalue weighted by atomic mass is 16.3. The second-order valence-electron chi connectivity index (χ2n) is 4.36. The molecule has 2 heteroatoms. The molecule has 0 radical (unpaired) electrons. The third-order valence-electron chi connectivity index (χ3n) is 2.86. The van der Waals surface area contributed by atoms with E-state index in [1.807, 2.05) is 30.3 Å². The van der Waals surface area contributed by atoms with Crippen LogP contribution in [0.1, 0.15) is 38.7 Å². The zero-order valence-corrected chi connectivity index (χ0v) is 9.98. The lowest BCUT2D eigenvalue weighted by Gasteiger charge is -2.28. The zero-order valence-electron chi connectivity index (χ0n) is 9.98. The summed E-state index contributed by atoms with van der Waals surface area (Å²) in [5.41, 5.74) is 0.477. The molecule has 0 saturated carbocycles. The number of nitriles is 1. The minimum Gasteiger partial charge on any atom is -0.393 e. The number of aliphatic hydroxyl groups excluding tert-OH is 1. The fourth-order valence-electron chi connectivity index (χ4n) is 2.22. The van der Waals surface area contributed by atoms with Crippen molar-refractivity contribution in [2.24, 2.45) is 0 Å². The van der Waals surface area contributed by atoms with E-state index >= 15 is 0 Å². The Bertz CT molecular complexity index is 353. The Morgan fingerprint density at radius 3 is 2.44 bits per heavy atom. The molecular formula is C14H19NO. The topological polar surface area (TPSA) is 44.0 Å². The number of hydrogen-bond acceptors (Lipinski definition) is 2. The number of aliphatic hydroxyl groups is 1. The molecule has 2 atom stereocenters. The highest BCUT2D eigenvalue weighted by molar-refractivity contribution is 5.32. The van der Waals surface area contributed by atoms with E-state index in [2.05, 4.69) is 13.0 Å². The minimum absolute atomic E-state index is 0.452. The second-order valence-corrected chi connectivity index (χ2v) is 4.36. The average Bonchev–Trinajstić information content (AvgIpc) is 2.29. The number of hydrogen-bond donors (Lipinski definition) is 1. The molecule has 0 unspecified atom stereocenters. The fourth-order valence-corrected chi connectivity index (χ4v) is 2.22. The molecule has 0 fully saturated rings. The molecule has 86 valence electrons. The van der Waals surface area contributed by atoms with Crippen molar-refractivity contribution in [3.05, 3.63) is 35.9 Å². The van der Waals surface area contributed by atoms with Gasteiger partial charge in [0.1, 0.15) is 0 Å². The van der Waals surface area contributed by atoms with Crippen molar-refractivity contribution in [1.29, 1.82) is 5.26 Å². The normalized spacial score (nSPS) is 16.1. The predicted octanol–water partition coefficient (Wildman–Crippen LogP) is 3.02. The lowest BCUT2D eigenvalue weighted by atomic mass is 9.74. The highest BCUT2D eigenvalue weighted by Crippen LogP contribution is 2.33. The van der Waals surface area contributed by atoms with E-state index in [-0.39, 0.29) is 0 Å². The van der Waals surface area contributed by atoms with Gasteiger partial charge in [0.2, 0.25) is 0 Å². The standard InChI is InChI=1S/C14H19NO/c1-3-9-14(11-15,10-12(2)16)13-7-5-4-6-8-13/h4-8,12,16H,3,9-10H2,1-2H3/t12-,14-/m1/s1. The summed E-state index contributed by atoms with van der Waals surface area (Å²) in [6.07, 6.45) is 1.78. The van der Waals surface area contributed by atoms with E-state index < -0.39 is 11.5 Å². The van der Waals surface area contributed by atoms with E-state index in [1.54, 1.807) is 6.92 Å². The van der Waals surface area contributed by atoms with Crippen LogP contribution in [-0.4, -0.2) is 11.2 Å². The third kappa shape index (κ3) is 2.84. The van der Waals surface area contributed by atoms with Crippen molar-refractivity contribution in [3.8, 4) is 6.07 Å². The van der Waals surface area contributed by atoms with E-state index in [4.69, 9.17) is 0 Å². The summed E-state index contributed by atoms with van der Waals surface area (Å²) in [5.74, 6) is 0. The Kier molecular flexibility index (Phi) is 4.52. The molecule has 0 saturated heterocycles. The van der Waals surface area contributed by atoms with Crippen LogP contribution in [0.5, 0.6) is 0 Å². The molecule has 0 aliphatic rings. The summed E-state index contributed by atoms with van der Waals surface area (Å²) in [6, 6.07) is 12.2. The smallest absolute Gasteiger partial charge is 0.0846 e. The first-order chi connectivity index (χ1) is 7.64. The summed E-state index contributed by atoms with van der Waals surface area (Å²) in [6.45, 7) is 3.81. The number of rotatable bonds is 5. The summed E-state index contributed by atoms with van der Waals surface area (Å²) < 4.78 is 0. The van der Waals surface area contributed by atoms with Gasteiger partial charge >= 0.3 is 0 Å². The molecular weight excluding hydrogens is 198 g/mol. The molecule has 0 aliphatic heterocycles. The summed E-state index contributed by atoms with van der Waals surface area (Å²) in [4.78, 5) is 0. The van der Waals surface area contributed by atoms with Crippen LogP contribution >= 0.6 is 0 Å². The molecule has 0 amide bonds. The van der Waals surface area contributed by atoms with Crippen LogP contribution in [0.4, 0.5) is 0 Å².